The minimum absolute atomic E-state index is 0. The maximum Gasteiger partial charge on any atom is 1.00 e. The fraction of sp³-hybridized carbons (Fsp3) is 0.389. The van der Waals surface area contributed by atoms with Gasteiger partial charge in [-0.2, -0.15) is 0 Å². The summed E-state index contributed by atoms with van der Waals surface area (Å²) in [7, 11) is -7.20. The van der Waals surface area contributed by atoms with Gasteiger partial charge in [0.05, 0.1) is 11.4 Å². The van der Waals surface area contributed by atoms with Gasteiger partial charge in [0.15, 0.2) is 0 Å². The van der Waals surface area contributed by atoms with Gasteiger partial charge in [-0.25, -0.2) is 8.42 Å². The van der Waals surface area contributed by atoms with E-state index in [9.17, 15) is 31.2 Å². The molecule has 15 heteroatoms. The van der Waals surface area contributed by atoms with Crippen molar-refractivity contribution in [1.29, 1.82) is 0 Å². The van der Waals surface area contributed by atoms with Crippen molar-refractivity contribution < 1.29 is 60.7 Å². The fourth-order valence-corrected chi connectivity index (χ4v) is 4.08. The summed E-state index contributed by atoms with van der Waals surface area (Å²) in [6, 6.07) is 1.68. The number of carbonyl (C=O) groups is 2. The summed E-state index contributed by atoms with van der Waals surface area (Å²) >= 11 is 0. The molecular weight excluding hydrogens is 488 g/mol. The number of hydrogen-bond donors (Lipinski definition) is 2. The van der Waals surface area contributed by atoms with Crippen LogP contribution >= 0.6 is 10.8 Å². The quantitative estimate of drug-likeness (QED) is 0.160. The zero-order valence-electron chi connectivity index (χ0n) is 18.4. The normalized spacial score (nSPS) is 14.1. The molecular formula is C18H22BF2N4NaO5S2. The molecule has 0 unspecified atom stereocenters. The van der Waals surface area contributed by atoms with Gasteiger partial charge < -0.3 is 19.7 Å². The summed E-state index contributed by atoms with van der Waals surface area (Å²) < 4.78 is 58.8. The first kappa shape index (κ1) is 29.6. The largest absolute Gasteiger partial charge is 1.00 e. The van der Waals surface area contributed by atoms with Gasteiger partial charge in [-0.1, -0.05) is 0 Å². The second-order valence-electron chi connectivity index (χ2n) is 6.88. The van der Waals surface area contributed by atoms with Crippen molar-refractivity contribution in [1.82, 2.24) is 15.1 Å². The van der Waals surface area contributed by atoms with E-state index in [0.717, 1.165) is 4.48 Å². The number of aryl methyl sites for hydroxylation is 2. The zero-order valence-corrected chi connectivity index (χ0v) is 22.1. The van der Waals surface area contributed by atoms with Gasteiger partial charge in [-0.15, -0.1) is 0 Å². The van der Waals surface area contributed by atoms with E-state index < -0.39 is 28.2 Å². The number of aromatic nitrogens is 1. The maximum atomic E-state index is 13.3. The second kappa shape index (κ2) is 13.4. The molecule has 1 aromatic rings. The molecule has 2 amide bonds. The topological polar surface area (TPSA) is 133 Å². The van der Waals surface area contributed by atoms with Crippen molar-refractivity contribution in [3.8, 4) is 0 Å². The monoisotopic (exact) mass is 510 g/mol. The number of rotatable bonds is 11. The molecule has 1 aromatic heterocycles. The van der Waals surface area contributed by atoms with E-state index in [4.69, 9.17) is 0 Å². The molecule has 0 saturated carbocycles. The molecule has 9 nitrogen and oxygen atoms in total. The van der Waals surface area contributed by atoms with Gasteiger partial charge in [0.25, 0.3) is 0 Å². The first-order chi connectivity index (χ1) is 15.0. The molecule has 0 aromatic carbocycles. The average Bonchev–Trinajstić information content (AvgIpc) is 3.25. The standard InChI is InChI=1S/C18H23BF2N4O5S2.Na/c1-12-9-13(2)25(19(20)21)16(12)10-15-4-3-14(24-15)5-6-17(26)22-7-8-23-18(27)11-31-32(28,29)30;/h3-4,9-10H,5-8,11H2,1-2H3,(H,22,26)(H,23,27)(H,28,29,30);/q;+1/p-1/b15-10-;. The molecule has 0 spiro atoms. The van der Waals surface area contributed by atoms with Crippen molar-refractivity contribution in [2.75, 3.05) is 18.8 Å². The Morgan fingerprint density at radius 3 is 2.45 bits per heavy atom. The molecule has 1 aliphatic rings. The van der Waals surface area contributed by atoms with Crippen LogP contribution in [-0.2, 0) is 18.7 Å². The first-order valence-electron chi connectivity index (χ1n) is 9.54. The number of hydrogen-bond acceptors (Lipinski definition) is 7. The minimum Gasteiger partial charge on any atom is -0.739 e. The van der Waals surface area contributed by atoms with Crippen LogP contribution in [0, 0.1) is 13.8 Å². The molecule has 1 aliphatic heterocycles. The molecule has 2 heterocycles. The number of aliphatic imine (C=N–C) groups is 1. The van der Waals surface area contributed by atoms with Crippen molar-refractivity contribution in [2.45, 2.75) is 26.7 Å². The van der Waals surface area contributed by atoms with Crippen LogP contribution in [-0.4, -0.2) is 61.2 Å². The molecule has 2 N–H and O–H groups in total. The Morgan fingerprint density at radius 2 is 1.85 bits per heavy atom. The molecule has 0 atom stereocenters. The number of nitrogens with one attached hydrogen (secondary N) is 2. The van der Waals surface area contributed by atoms with E-state index in [1.165, 1.54) is 0 Å². The maximum absolute atomic E-state index is 13.3. The van der Waals surface area contributed by atoms with Gasteiger partial charge in [0.2, 0.25) is 11.8 Å². The molecule has 2 rings (SSSR count). The Bertz CT molecular complexity index is 1070. The second-order valence-corrected chi connectivity index (χ2v) is 10.2. The van der Waals surface area contributed by atoms with E-state index in [2.05, 4.69) is 15.6 Å². The number of halogens is 2. The van der Waals surface area contributed by atoms with Crippen LogP contribution in [0.15, 0.2) is 28.9 Å². The molecule has 0 saturated heterocycles. The van der Waals surface area contributed by atoms with Crippen molar-refractivity contribution in [3.05, 3.63) is 40.9 Å². The Balaban J connectivity index is 0.00000544. The molecule has 33 heavy (non-hydrogen) atoms. The van der Waals surface area contributed by atoms with Gasteiger partial charge in [-0.05, 0) is 60.9 Å². The molecule has 0 radical (unpaired) electrons. The fourth-order valence-electron chi connectivity index (χ4n) is 2.97. The van der Waals surface area contributed by atoms with Crippen LogP contribution in [0.1, 0.15) is 29.8 Å². The van der Waals surface area contributed by atoms with Crippen LogP contribution in [0.25, 0.3) is 6.08 Å². The van der Waals surface area contributed by atoms with E-state index in [0.29, 0.717) is 34.8 Å². The van der Waals surface area contributed by atoms with Crippen LogP contribution in [0.5, 0.6) is 0 Å². The molecule has 0 bridgehead atoms. The van der Waals surface area contributed by atoms with E-state index in [1.807, 2.05) is 0 Å². The zero-order chi connectivity index (χ0) is 23.9. The summed E-state index contributed by atoms with van der Waals surface area (Å²) in [4.78, 5) is 27.6. The SMILES string of the molecule is Cc1cc(C)n(B(F)F)c1/C=C1/C=CC(CCC(=O)NCCNC(=O)CSS(=O)(=O)[O-])=N1.[Na+]. The predicted molar refractivity (Wildman–Crippen MR) is 119 cm³/mol. The van der Waals surface area contributed by atoms with Gasteiger partial charge >= 0.3 is 37.0 Å². The number of nitrogens with zero attached hydrogens (tertiary/aromatic N) is 2. The Hall–Kier alpha value is -1.45. The molecule has 174 valence electrons. The van der Waals surface area contributed by atoms with Crippen molar-refractivity contribution >= 4 is 50.9 Å². The number of amides is 2. The van der Waals surface area contributed by atoms with Crippen molar-refractivity contribution in [2.24, 2.45) is 4.99 Å². The van der Waals surface area contributed by atoms with E-state index in [1.54, 1.807) is 38.1 Å². The van der Waals surface area contributed by atoms with E-state index in [-0.39, 0.29) is 65.8 Å². The van der Waals surface area contributed by atoms with Crippen LogP contribution in [0.3, 0.4) is 0 Å². The minimum atomic E-state index is -4.53. The van der Waals surface area contributed by atoms with Crippen LogP contribution < -0.4 is 40.2 Å². The van der Waals surface area contributed by atoms with Crippen molar-refractivity contribution in [3.63, 3.8) is 0 Å². The number of allylic oxidation sites excluding steroid dienone is 2. The Labute approximate surface area is 217 Å². The van der Waals surface area contributed by atoms with Gasteiger partial charge in [0.1, 0.15) is 9.15 Å². The van der Waals surface area contributed by atoms with Crippen LogP contribution in [0.2, 0.25) is 0 Å². The Morgan fingerprint density at radius 1 is 1.21 bits per heavy atom. The third-order valence-corrected chi connectivity index (χ3v) is 6.27. The van der Waals surface area contributed by atoms with Gasteiger partial charge in [-0.3, -0.25) is 23.2 Å². The summed E-state index contributed by atoms with van der Waals surface area (Å²) in [5, 5.41) is 4.97. The Kier molecular flexibility index (Phi) is 12.1. The predicted octanol–water partition coefficient (Wildman–Crippen LogP) is -1.56. The summed E-state index contributed by atoms with van der Waals surface area (Å²) in [5.74, 6) is -1.41. The summed E-state index contributed by atoms with van der Waals surface area (Å²) in [6.45, 7) is 3.58. The number of carbonyl (C=O) groups excluding carboxylic acids is 2. The van der Waals surface area contributed by atoms with Gasteiger partial charge in [0, 0.05) is 36.6 Å². The first-order valence-corrected chi connectivity index (χ1v) is 12.4. The third kappa shape index (κ3) is 10.1. The summed E-state index contributed by atoms with van der Waals surface area (Å²) in [5.41, 5.74) is 2.71. The van der Waals surface area contributed by atoms with E-state index >= 15 is 0 Å². The van der Waals surface area contributed by atoms with Crippen LogP contribution in [0.4, 0.5) is 8.63 Å². The summed E-state index contributed by atoms with van der Waals surface area (Å²) in [6.07, 6.45) is 5.48. The average molecular weight is 510 g/mol. The molecule has 0 fully saturated rings. The third-order valence-electron chi connectivity index (χ3n) is 4.38. The molecule has 0 aliphatic carbocycles. The smallest absolute Gasteiger partial charge is 0.739 e.